The molecule has 0 bridgehead atoms. The number of benzene rings is 2. The zero-order chi connectivity index (χ0) is 20.6. The van der Waals surface area contributed by atoms with E-state index in [1.165, 1.54) is 12.1 Å². The summed E-state index contributed by atoms with van der Waals surface area (Å²) < 4.78 is 25.8. The van der Waals surface area contributed by atoms with Gasteiger partial charge in [-0.25, -0.2) is 4.39 Å². The molecular weight excluding hydrogens is 363 g/mol. The maximum Gasteiger partial charge on any atom is 0.310 e. The van der Waals surface area contributed by atoms with Gasteiger partial charge in [0.2, 0.25) is 0 Å². The van der Waals surface area contributed by atoms with Crippen LogP contribution in [0.15, 0.2) is 24.3 Å². The van der Waals surface area contributed by atoms with Gasteiger partial charge in [0.25, 0.3) is 0 Å². The first-order valence-electron chi connectivity index (χ1n) is 9.22. The average molecular weight is 388 g/mol. The van der Waals surface area contributed by atoms with Crippen LogP contribution in [0, 0.1) is 19.7 Å². The lowest BCUT2D eigenvalue weighted by Gasteiger charge is -2.21. The molecule has 0 radical (unpaired) electrons. The molecule has 2 aromatic rings. The summed E-state index contributed by atoms with van der Waals surface area (Å²) in [5, 5.41) is 18.8. The molecule has 5 nitrogen and oxygen atoms in total. The largest absolute Gasteiger partial charge is 0.488 e. The van der Waals surface area contributed by atoms with Crippen LogP contribution in [0.1, 0.15) is 47.6 Å². The number of fused-ring (bicyclic) bond motifs is 1. The summed E-state index contributed by atoms with van der Waals surface area (Å²) in [5.74, 6) is -0.691. The molecule has 1 heterocycles. The monoisotopic (exact) mass is 388 g/mol. The van der Waals surface area contributed by atoms with Crippen LogP contribution < -0.4 is 9.47 Å². The molecule has 2 atom stereocenters. The highest BCUT2D eigenvalue weighted by molar-refractivity contribution is 5.76. The number of carboxylic acids is 1. The summed E-state index contributed by atoms with van der Waals surface area (Å²) in [5.41, 5.74) is 2.99. The van der Waals surface area contributed by atoms with E-state index in [4.69, 9.17) is 9.47 Å². The van der Waals surface area contributed by atoms with Gasteiger partial charge in [0.05, 0.1) is 12.5 Å². The van der Waals surface area contributed by atoms with Gasteiger partial charge in [-0.3, -0.25) is 4.79 Å². The minimum Gasteiger partial charge on any atom is -0.488 e. The predicted molar refractivity (Wildman–Crippen MR) is 103 cm³/mol. The second-order valence-electron chi connectivity index (χ2n) is 7.69. The van der Waals surface area contributed by atoms with Gasteiger partial charge in [0, 0.05) is 17.5 Å². The third-order valence-corrected chi connectivity index (χ3v) is 5.45. The quantitative estimate of drug-likeness (QED) is 0.785. The lowest BCUT2D eigenvalue weighted by atomic mass is 9.93. The fourth-order valence-corrected chi connectivity index (χ4v) is 3.59. The Kier molecular flexibility index (Phi) is 5.35. The first-order valence-corrected chi connectivity index (χ1v) is 9.22. The smallest absolute Gasteiger partial charge is 0.310 e. The molecular formula is C22H25FO5. The fraction of sp³-hybridized carbons (Fsp3) is 0.409. The predicted octanol–water partition coefficient (Wildman–Crippen LogP) is 3.90. The van der Waals surface area contributed by atoms with Crippen molar-refractivity contribution in [1.29, 1.82) is 0 Å². The van der Waals surface area contributed by atoms with Crippen molar-refractivity contribution in [2.45, 2.75) is 52.2 Å². The van der Waals surface area contributed by atoms with Crippen LogP contribution in [0.4, 0.5) is 4.39 Å². The Labute approximate surface area is 163 Å². The van der Waals surface area contributed by atoms with Gasteiger partial charge < -0.3 is 19.7 Å². The molecule has 3 rings (SSSR count). The van der Waals surface area contributed by atoms with Crippen molar-refractivity contribution >= 4 is 5.97 Å². The highest BCUT2D eigenvalue weighted by Gasteiger charge is 2.36. The minimum atomic E-state index is -0.879. The van der Waals surface area contributed by atoms with E-state index < -0.39 is 17.5 Å². The van der Waals surface area contributed by atoms with E-state index in [0.29, 0.717) is 29.0 Å². The van der Waals surface area contributed by atoms with Crippen molar-refractivity contribution in [3.63, 3.8) is 0 Å². The summed E-state index contributed by atoms with van der Waals surface area (Å²) in [7, 11) is 0. The molecule has 0 saturated heterocycles. The third-order valence-electron chi connectivity index (χ3n) is 5.45. The topological polar surface area (TPSA) is 76.0 Å². The van der Waals surface area contributed by atoms with Gasteiger partial charge in [-0.05, 0) is 62.6 Å². The van der Waals surface area contributed by atoms with E-state index in [0.717, 1.165) is 16.7 Å². The van der Waals surface area contributed by atoms with E-state index in [1.54, 1.807) is 26.0 Å². The van der Waals surface area contributed by atoms with E-state index >= 15 is 0 Å². The Hall–Kier alpha value is -2.60. The van der Waals surface area contributed by atoms with Crippen molar-refractivity contribution in [3.05, 3.63) is 57.9 Å². The van der Waals surface area contributed by atoms with Gasteiger partial charge in [0.1, 0.15) is 29.5 Å². The highest BCUT2D eigenvalue weighted by atomic mass is 19.1. The van der Waals surface area contributed by atoms with Crippen molar-refractivity contribution in [2.75, 3.05) is 6.61 Å². The number of hydrogen-bond acceptors (Lipinski definition) is 4. The number of carbonyl (C=O) groups is 1. The standard InChI is InChI=1S/C22H25FO5/c1-12-13(2)19(6-5-18(12)14(3)21(25)26)27-10-16-8-17(23)7-15-9-22(4,11-24)28-20(15)16/h5-8,14,24H,9-11H2,1-4H3,(H,25,26). The molecule has 0 spiro atoms. The van der Waals surface area contributed by atoms with Crippen LogP contribution >= 0.6 is 0 Å². The number of carboxylic acid groups (broad SMARTS) is 1. The summed E-state index contributed by atoms with van der Waals surface area (Å²) in [6.45, 7) is 7.12. The Morgan fingerprint density at radius 2 is 2.04 bits per heavy atom. The van der Waals surface area contributed by atoms with Crippen LogP contribution in [0.5, 0.6) is 11.5 Å². The van der Waals surface area contributed by atoms with Crippen LogP contribution in [-0.2, 0) is 17.8 Å². The van der Waals surface area contributed by atoms with Crippen molar-refractivity contribution in [2.24, 2.45) is 0 Å². The molecule has 0 saturated carbocycles. The van der Waals surface area contributed by atoms with Crippen LogP contribution in [0.2, 0.25) is 0 Å². The molecule has 0 aromatic heterocycles. The number of aliphatic carboxylic acids is 1. The normalized spacial score (nSPS) is 19.1. The molecule has 150 valence electrons. The Balaban J connectivity index is 1.85. The molecule has 28 heavy (non-hydrogen) atoms. The number of halogens is 1. The summed E-state index contributed by atoms with van der Waals surface area (Å²) in [4.78, 5) is 11.3. The second-order valence-corrected chi connectivity index (χ2v) is 7.69. The number of aliphatic hydroxyl groups excluding tert-OH is 1. The Bertz CT molecular complexity index is 924. The lowest BCUT2D eigenvalue weighted by molar-refractivity contribution is -0.138. The van der Waals surface area contributed by atoms with Crippen LogP contribution in [0.3, 0.4) is 0 Å². The van der Waals surface area contributed by atoms with Crippen LogP contribution in [0.25, 0.3) is 0 Å². The highest BCUT2D eigenvalue weighted by Crippen LogP contribution is 2.39. The number of rotatable bonds is 6. The molecule has 1 aliphatic heterocycles. The molecule has 2 N–H and O–H groups in total. The van der Waals surface area contributed by atoms with Gasteiger partial charge in [-0.15, -0.1) is 0 Å². The first-order chi connectivity index (χ1) is 13.1. The number of ether oxygens (including phenoxy) is 2. The average Bonchev–Trinajstić information content (AvgIpc) is 2.99. The van der Waals surface area contributed by atoms with Gasteiger partial charge in [0.15, 0.2) is 0 Å². The van der Waals surface area contributed by atoms with E-state index in [-0.39, 0.29) is 19.0 Å². The summed E-state index contributed by atoms with van der Waals surface area (Å²) in [6, 6.07) is 6.31. The molecule has 0 amide bonds. The summed E-state index contributed by atoms with van der Waals surface area (Å²) >= 11 is 0. The molecule has 1 aliphatic rings. The molecule has 2 aromatic carbocycles. The molecule has 6 heteroatoms. The maximum absolute atomic E-state index is 14.0. The van der Waals surface area contributed by atoms with Gasteiger partial charge >= 0.3 is 5.97 Å². The maximum atomic E-state index is 14.0. The van der Waals surface area contributed by atoms with E-state index in [1.807, 2.05) is 13.8 Å². The zero-order valence-corrected chi connectivity index (χ0v) is 16.5. The molecule has 2 unspecified atom stereocenters. The van der Waals surface area contributed by atoms with Gasteiger partial charge in [-0.2, -0.15) is 0 Å². The SMILES string of the molecule is Cc1c(OCc2cc(F)cc3c2OC(C)(CO)C3)ccc(C(C)C(=O)O)c1C. The molecule has 0 aliphatic carbocycles. The van der Waals surface area contributed by atoms with Crippen LogP contribution in [-0.4, -0.2) is 28.4 Å². The Morgan fingerprint density at radius 1 is 1.32 bits per heavy atom. The van der Waals surface area contributed by atoms with Crippen molar-refractivity contribution < 1.29 is 28.9 Å². The van der Waals surface area contributed by atoms with E-state index in [9.17, 15) is 19.4 Å². The lowest BCUT2D eigenvalue weighted by Crippen LogP contribution is -2.34. The number of hydrogen-bond donors (Lipinski definition) is 2. The summed E-state index contributed by atoms with van der Waals surface area (Å²) in [6.07, 6.45) is 0.434. The van der Waals surface area contributed by atoms with Crippen molar-refractivity contribution in [1.82, 2.24) is 0 Å². The van der Waals surface area contributed by atoms with E-state index in [2.05, 4.69) is 0 Å². The number of aliphatic hydroxyl groups is 1. The fourth-order valence-electron chi connectivity index (χ4n) is 3.59. The Morgan fingerprint density at radius 3 is 2.68 bits per heavy atom. The minimum absolute atomic E-state index is 0.107. The first kappa shape index (κ1) is 20.1. The second kappa shape index (κ2) is 7.43. The molecule has 0 fully saturated rings. The van der Waals surface area contributed by atoms with Crippen molar-refractivity contribution in [3.8, 4) is 11.5 Å². The zero-order valence-electron chi connectivity index (χ0n) is 16.5. The van der Waals surface area contributed by atoms with Gasteiger partial charge in [-0.1, -0.05) is 6.07 Å². The third kappa shape index (κ3) is 3.69.